The number of halogens is 1. The molecule has 0 fully saturated rings. The standard InChI is InChI=1S/C18H36N6.HI/c1-4-19-18(20-12-8-6-5-7-11-17(2)3)21-13-9-10-14-24-15-22-23-16-24;/h15-17H,4-14H2,1-3H3,(H2,19,20,21);1H. The Balaban J connectivity index is 0.00000576. The highest BCUT2D eigenvalue weighted by atomic mass is 127. The number of guanidine groups is 1. The minimum atomic E-state index is 0. The van der Waals surface area contributed by atoms with Crippen LogP contribution in [-0.2, 0) is 6.54 Å². The Hall–Kier alpha value is -0.860. The first-order valence-corrected chi connectivity index (χ1v) is 9.57. The average Bonchev–Trinajstić information content (AvgIpc) is 3.06. The van der Waals surface area contributed by atoms with Crippen molar-refractivity contribution in [3.63, 3.8) is 0 Å². The average molecular weight is 464 g/mol. The van der Waals surface area contributed by atoms with Gasteiger partial charge in [0.25, 0.3) is 0 Å². The van der Waals surface area contributed by atoms with E-state index in [-0.39, 0.29) is 24.0 Å². The molecule has 0 unspecified atom stereocenters. The minimum Gasteiger partial charge on any atom is -0.357 e. The Labute approximate surface area is 170 Å². The summed E-state index contributed by atoms with van der Waals surface area (Å²) in [5.74, 6) is 1.78. The minimum absolute atomic E-state index is 0. The van der Waals surface area contributed by atoms with Crippen molar-refractivity contribution in [3.05, 3.63) is 12.7 Å². The van der Waals surface area contributed by atoms with E-state index in [2.05, 4.69) is 46.6 Å². The third-order valence-corrected chi connectivity index (χ3v) is 3.91. The predicted molar refractivity (Wildman–Crippen MR) is 117 cm³/mol. The zero-order chi connectivity index (χ0) is 17.5. The summed E-state index contributed by atoms with van der Waals surface area (Å²) in [5.41, 5.74) is 0. The molecule has 2 N–H and O–H groups in total. The lowest BCUT2D eigenvalue weighted by Crippen LogP contribution is -2.37. The monoisotopic (exact) mass is 464 g/mol. The molecular formula is C18H37IN6. The van der Waals surface area contributed by atoms with Crippen molar-refractivity contribution < 1.29 is 0 Å². The maximum absolute atomic E-state index is 4.66. The smallest absolute Gasteiger partial charge is 0.191 e. The molecule has 0 saturated heterocycles. The third kappa shape index (κ3) is 14.0. The third-order valence-electron chi connectivity index (χ3n) is 3.91. The number of hydrogen-bond acceptors (Lipinski definition) is 3. The molecular weight excluding hydrogens is 427 g/mol. The van der Waals surface area contributed by atoms with Crippen LogP contribution < -0.4 is 10.6 Å². The Bertz CT molecular complexity index is 419. The van der Waals surface area contributed by atoms with E-state index in [1.807, 2.05) is 4.57 Å². The molecule has 0 atom stereocenters. The molecule has 0 aliphatic rings. The zero-order valence-corrected chi connectivity index (χ0v) is 18.5. The first kappa shape index (κ1) is 24.1. The summed E-state index contributed by atoms with van der Waals surface area (Å²) in [6.07, 6.45) is 12.3. The lowest BCUT2D eigenvalue weighted by atomic mass is 10.0. The summed E-state index contributed by atoms with van der Waals surface area (Å²) < 4.78 is 2.01. The lowest BCUT2D eigenvalue weighted by Gasteiger charge is -2.11. The van der Waals surface area contributed by atoms with Crippen LogP contribution in [0.3, 0.4) is 0 Å². The SMILES string of the molecule is CCNC(=NCCCCCCC(C)C)NCCCCn1cnnc1.I. The van der Waals surface area contributed by atoms with Crippen molar-refractivity contribution in [3.8, 4) is 0 Å². The van der Waals surface area contributed by atoms with E-state index in [1.54, 1.807) is 12.7 Å². The van der Waals surface area contributed by atoms with Crippen LogP contribution in [0.15, 0.2) is 17.6 Å². The van der Waals surface area contributed by atoms with Gasteiger partial charge in [0.1, 0.15) is 12.7 Å². The molecule has 0 saturated carbocycles. The molecule has 1 heterocycles. The second-order valence-electron chi connectivity index (χ2n) is 6.69. The van der Waals surface area contributed by atoms with E-state index < -0.39 is 0 Å². The first-order chi connectivity index (χ1) is 11.7. The molecule has 0 aliphatic carbocycles. The van der Waals surface area contributed by atoms with Gasteiger partial charge in [0, 0.05) is 26.2 Å². The molecule has 0 spiro atoms. The number of unbranched alkanes of at least 4 members (excludes halogenated alkanes) is 4. The van der Waals surface area contributed by atoms with Gasteiger partial charge >= 0.3 is 0 Å². The van der Waals surface area contributed by atoms with Crippen LogP contribution in [-0.4, -0.2) is 40.4 Å². The summed E-state index contributed by atoms with van der Waals surface area (Å²) in [6.45, 7) is 10.4. The van der Waals surface area contributed by atoms with Gasteiger partial charge in [-0.1, -0.05) is 39.5 Å². The number of nitrogens with zero attached hydrogens (tertiary/aromatic N) is 4. The number of aryl methyl sites for hydroxylation is 1. The van der Waals surface area contributed by atoms with Crippen LogP contribution in [0.4, 0.5) is 0 Å². The molecule has 0 radical (unpaired) electrons. The second-order valence-corrected chi connectivity index (χ2v) is 6.69. The number of hydrogen-bond donors (Lipinski definition) is 2. The number of aromatic nitrogens is 3. The molecule has 0 amide bonds. The first-order valence-electron chi connectivity index (χ1n) is 9.57. The number of aliphatic imine (C=N–C) groups is 1. The highest BCUT2D eigenvalue weighted by Gasteiger charge is 1.98. The van der Waals surface area contributed by atoms with Crippen molar-refractivity contribution in [2.24, 2.45) is 10.9 Å². The van der Waals surface area contributed by atoms with E-state index in [0.29, 0.717) is 0 Å². The van der Waals surface area contributed by atoms with Crippen molar-refractivity contribution in [1.29, 1.82) is 0 Å². The molecule has 25 heavy (non-hydrogen) atoms. The maximum atomic E-state index is 4.66. The second kappa shape index (κ2) is 16.6. The van der Waals surface area contributed by atoms with Gasteiger partial charge in [-0.2, -0.15) is 0 Å². The fraction of sp³-hybridized carbons (Fsp3) is 0.833. The summed E-state index contributed by atoms with van der Waals surface area (Å²) in [6, 6.07) is 0. The van der Waals surface area contributed by atoms with Gasteiger partial charge in [-0.25, -0.2) is 0 Å². The van der Waals surface area contributed by atoms with Gasteiger partial charge in [-0.15, -0.1) is 34.2 Å². The van der Waals surface area contributed by atoms with E-state index in [4.69, 9.17) is 0 Å². The maximum Gasteiger partial charge on any atom is 0.191 e. The van der Waals surface area contributed by atoms with Gasteiger partial charge in [-0.3, -0.25) is 4.99 Å². The van der Waals surface area contributed by atoms with Crippen molar-refractivity contribution in [2.75, 3.05) is 19.6 Å². The number of nitrogens with one attached hydrogen (secondary N) is 2. The van der Waals surface area contributed by atoms with E-state index >= 15 is 0 Å². The highest BCUT2D eigenvalue weighted by molar-refractivity contribution is 14.0. The van der Waals surface area contributed by atoms with Crippen molar-refractivity contribution in [1.82, 2.24) is 25.4 Å². The van der Waals surface area contributed by atoms with Crippen LogP contribution in [0.2, 0.25) is 0 Å². The Kier molecular flexibility index (Phi) is 16.0. The van der Waals surface area contributed by atoms with Crippen LogP contribution in [0.5, 0.6) is 0 Å². The van der Waals surface area contributed by atoms with E-state index in [1.165, 1.54) is 32.1 Å². The van der Waals surface area contributed by atoms with Crippen LogP contribution in [0.25, 0.3) is 0 Å². The Morgan fingerprint density at radius 2 is 1.72 bits per heavy atom. The topological polar surface area (TPSA) is 67.1 Å². The zero-order valence-electron chi connectivity index (χ0n) is 16.2. The van der Waals surface area contributed by atoms with Crippen molar-refractivity contribution in [2.45, 2.75) is 72.3 Å². The van der Waals surface area contributed by atoms with E-state index in [9.17, 15) is 0 Å². The lowest BCUT2D eigenvalue weighted by molar-refractivity contribution is 0.521. The molecule has 6 nitrogen and oxygen atoms in total. The van der Waals surface area contributed by atoms with Crippen LogP contribution in [0.1, 0.15) is 65.7 Å². The van der Waals surface area contributed by atoms with Gasteiger partial charge < -0.3 is 15.2 Å². The normalized spacial score (nSPS) is 11.4. The molecule has 1 aromatic rings. The number of rotatable bonds is 13. The summed E-state index contributed by atoms with van der Waals surface area (Å²) in [4.78, 5) is 4.66. The van der Waals surface area contributed by atoms with Gasteiger partial charge in [0.05, 0.1) is 0 Å². The van der Waals surface area contributed by atoms with E-state index in [0.717, 1.165) is 50.9 Å². The molecule has 1 aromatic heterocycles. The predicted octanol–water partition coefficient (Wildman–Crippen LogP) is 3.84. The Morgan fingerprint density at radius 3 is 2.40 bits per heavy atom. The highest BCUT2D eigenvalue weighted by Crippen LogP contribution is 2.09. The molecule has 146 valence electrons. The summed E-state index contributed by atoms with van der Waals surface area (Å²) >= 11 is 0. The quantitative estimate of drug-likeness (QED) is 0.202. The summed E-state index contributed by atoms with van der Waals surface area (Å²) in [7, 11) is 0. The fourth-order valence-corrected chi connectivity index (χ4v) is 2.51. The fourth-order valence-electron chi connectivity index (χ4n) is 2.51. The van der Waals surface area contributed by atoms with Crippen molar-refractivity contribution >= 4 is 29.9 Å². The molecule has 1 rings (SSSR count). The van der Waals surface area contributed by atoms with Gasteiger partial charge in [0.2, 0.25) is 0 Å². The largest absolute Gasteiger partial charge is 0.357 e. The molecule has 0 aromatic carbocycles. The van der Waals surface area contributed by atoms with Gasteiger partial charge in [-0.05, 0) is 32.1 Å². The summed E-state index contributed by atoms with van der Waals surface area (Å²) in [5, 5.41) is 14.4. The molecule has 7 heteroatoms. The van der Waals surface area contributed by atoms with Crippen LogP contribution in [0, 0.1) is 5.92 Å². The molecule has 0 aliphatic heterocycles. The van der Waals surface area contributed by atoms with Crippen LogP contribution >= 0.6 is 24.0 Å². The Morgan fingerprint density at radius 1 is 1.00 bits per heavy atom. The molecule has 0 bridgehead atoms. The van der Waals surface area contributed by atoms with Gasteiger partial charge in [0.15, 0.2) is 5.96 Å².